The highest BCUT2D eigenvalue weighted by Gasteiger charge is 2.31. The molecule has 0 unspecified atom stereocenters. The van der Waals surface area contributed by atoms with E-state index in [2.05, 4.69) is 14.1 Å². The van der Waals surface area contributed by atoms with Gasteiger partial charge in [-0.1, -0.05) is 0 Å². The van der Waals surface area contributed by atoms with E-state index in [0.29, 0.717) is 11.0 Å². The molecule has 0 saturated heterocycles. The number of aromatic nitrogens is 2. The predicted octanol–water partition coefficient (Wildman–Crippen LogP) is 3.97. The molecule has 3 aromatic rings. The Hall–Kier alpha value is -2.68. The lowest BCUT2D eigenvalue weighted by Gasteiger charge is -2.13. The predicted molar refractivity (Wildman–Crippen MR) is 83.4 cm³/mol. The third-order valence-corrected chi connectivity index (χ3v) is 3.85. The number of fused-ring (bicyclic) bond motifs is 1. The fraction of sp³-hybridized carbons (Fsp3) is 0.133. The van der Waals surface area contributed by atoms with Crippen molar-refractivity contribution in [2.75, 3.05) is 12.4 Å². The molecule has 0 fully saturated rings. The lowest BCUT2D eigenvalue weighted by molar-refractivity contribution is -0.137. The molecule has 0 aliphatic rings. The van der Waals surface area contributed by atoms with Gasteiger partial charge in [-0.2, -0.15) is 21.9 Å². The van der Waals surface area contributed by atoms with Crippen LogP contribution in [0.25, 0.3) is 11.0 Å². The molecule has 0 bridgehead atoms. The van der Waals surface area contributed by atoms with Crippen molar-refractivity contribution in [2.45, 2.75) is 6.18 Å². The van der Waals surface area contributed by atoms with Gasteiger partial charge >= 0.3 is 6.18 Å². The van der Waals surface area contributed by atoms with Crippen LogP contribution in [0, 0.1) is 0 Å². The molecule has 1 aromatic heterocycles. The number of alkyl halides is 3. The average Bonchev–Trinajstić information content (AvgIpc) is 3.01. The molecular weight excluding hydrogens is 343 g/mol. The fourth-order valence-corrected chi connectivity index (χ4v) is 2.62. The summed E-state index contributed by atoms with van der Waals surface area (Å²) in [4.78, 5) is 12.3. The second-order valence-corrected chi connectivity index (χ2v) is 5.36. The van der Waals surface area contributed by atoms with Gasteiger partial charge in [0, 0.05) is 5.56 Å². The zero-order valence-electron chi connectivity index (χ0n) is 12.2. The van der Waals surface area contributed by atoms with Gasteiger partial charge in [-0.05, 0) is 36.4 Å². The Kier molecular flexibility index (Phi) is 4.10. The van der Waals surface area contributed by atoms with Crippen LogP contribution in [0.1, 0.15) is 15.9 Å². The first-order valence-corrected chi connectivity index (χ1v) is 7.40. The van der Waals surface area contributed by atoms with Gasteiger partial charge in [0.25, 0.3) is 5.91 Å². The molecule has 1 heterocycles. The lowest BCUT2D eigenvalue weighted by Crippen LogP contribution is -2.14. The summed E-state index contributed by atoms with van der Waals surface area (Å²) in [5.41, 5.74) is 0.512. The van der Waals surface area contributed by atoms with E-state index >= 15 is 0 Å². The fourth-order valence-electron chi connectivity index (χ4n) is 2.10. The summed E-state index contributed by atoms with van der Waals surface area (Å²) < 4.78 is 51.6. The molecule has 0 atom stereocenters. The van der Waals surface area contributed by atoms with Gasteiger partial charge in [0.15, 0.2) is 0 Å². The monoisotopic (exact) mass is 353 g/mol. The van der Waals surface area contributed by atoms with Crippen LogP contribution in [-0.4, -0.2) is 21.8 Å². The number of nitrogens with one attached hydrogen (secondary N) is 1. The number of benzene rings is 2. The Bertz CT molecular complexity index is 908. The molecule has 24 heavy (non-hydrogen) atoms. The summed E-state index contributed by atoms with van der Waals surface area (Å²) in [6.45, 7) is 0. The summed E-state index contributed by atoms with van der Waals surface area (Å²) >= 11 is 1.01. The maximum Gasteiger partial charge on any atom is 0.416 e. The number of hydrogen-bond acceptors (Lipinski definition) is 5. The van der Waals surface area contributed by atoms with Gasteiger partial charge in [0.05, 0.1) is 30.1 Å². The van der Waals surface area contributed by atoms with Crippen LogP contribution in [0.2, 0.25) is 0 Å². The normalized spacial score (nSPS) is 11.5. The molecule has 5 nitrogen and oxygen atoms in total. The maximum atomic E-state index is 12.8. The number of amides is 1. The third kappa shape index (κ3) is 3.16. The SMILES string of the molecule is COc1ccc(C(F)(F)F)cc1NC(=O)c1ccc2nsnc2c1. The summed E-state index contributed by atoms with van der Waals surface area (Å²) in [5, 5.41) is 2.44. The number of rotatable bonds is 3. The Morgan fingerprint density at radius 1 is 1.12 bits per heavy atom. The van der Waals surface area contributed by atoms with Crippen molar-refractivity contribution in [3.05, 3.63) is 47.5 Å². The van der Waals surface area contributed by atoms with Crippen LogP contribution in [-0.2, 0) is 6.18 Å². The first-order chi connectivity index (χ1) is 11.4. The van der Waals surface area contributed by atoms with E-state index < -0.39 is 17.6 Å². The summed E-state index contributed by atoms with van der Waals surface area (Å²) in [6, 6.07) is 7.55. The zero-order chi connectivity index (χ0) is 17.3. The number of hydrogen-bond donors (Lipinski definition) is 1. The van der Waals surface area contributed by atoms with Crippen molar-refractivity contribution >= 4 is 34.4 Å². The van der Waals surface area contributed by atoms with Crippen LogP contribution >= 0.6 is 11.7 Å². The molecule has 124 valence electrons. The highest BCUT2D eigenvalue weighted by atomic mass is 32.1. The van der Waals surface area contributed by atoms with Crippen molar-refractivity contribution in [3.63, 3.8) is 0 Å². The van der Waals surface area contributed by atoms with E-state index in [1.54, 1.807) is 6.07 Å². The van der Waals surface area contributed by atoms with Crippen LogP contribution in [0.3, 0.4) is 0 Å². The standard InChI is InChI=1S/C15H10F3N3O2S/c1-23-13-5-3-9(15(16,17)18)7-12(13)19-14(22)8-2-4-10-11(6-8)21-24-20-10/h2-7H,1H3,(H,19,22). The number of nitrogens with zero attached hydrogens (tertiary/aromatic N) is 2. The number of halogens is 3. The van der Waals surface area contributed by atoms with E-state index in [4.69, 9.17) is 4.74 Å². The van der Waals surface area contributed by atoms with E-state index in [0.717, 1.165) is 29.9 Å². The lowest BCUT2D eigenvalue weighted by atomic mass is 10.1. The second kappa shape index (κ2) is 6.08. The van der Waals surface area contributed by atoms with Gasteiger partial charge < -0.3 is 10.1 Å². The van der Waals surface area contributed by atoms with Gasteiger partial charge in [0.1, 0.15) is 16.8 Å². The van der Waals surface area contributed by atoms with Gasteiger partial charge in [0.2, 0.25) is 0 Å². The summed E-state index contributed by atoms with van der Waals surface area (Å²) in [5.74, 6) is -0.435. The second-order valence-electron chi connectivity index (χ2n) is 4.83. The molecule has 0 aliphatic carbocycles. The molecule has 0 radical (unpaired) electrons. The average molecular weight is 353 g/mol. The van der Waals surface area contributed by atoms with Crippen LogP contribution < -0.4 is 10.1 Å². The number of carbonyl (C=O) groups is 1. The zero-order valence-corrected chi connectivity index (χ0v) is 13.0. The number of carbonyl (C=O) groups excluding carboxylic acids is 1. The maximum absolute atomic E-state index is 12.8. The van der Waals surface area contributed by atoms with E-state index in [1.165, 1.54) is 19.2 Å². The Morgan fingerprint density at radius 3 is 2.58 bits per heavy atom. The molecule has 0 aliphatic heterocycles. The van der Waals surface area contributed by atoms with Crippen LogP contribution in [0.4, 0.5) is 18.9 Å². The quantitative estimate of drug-likeness (QED) is 0.774. The molecule has 2 aromatic carbocycles. The minimum absolute atomic E-state index is 0.0613. The number of anilines is 1. The van der Waals surface area contributed by atoms with Gasteiger partial charge in [-0.15, -0.1) is 0 Å². The molecule has 0 spiro atoms. The highest BCUT2D eigenvalue weighted by molar-refractivity contribution is 7.00. The third-order valence-electron chi connectivity index (χ3n) is 3.29. The summed E-state index contributed by atoms with van der Waals surface area (Å²) in [6.07, 6.45) is -4.52. The van der Waals surface area contributed by atoms with E-state index in [-0.39, 0.29) is 17.0 Å². The largest absolute Gasteiger partial charge is 0.495 e. The Morgan fingerprint density at radius 2 is 1.88 bits per heavy atom. The van der Waals surface area contributed by atoms with E-state index in [1.807, 2.05) is 0 Å². The highest BCUT2D eigenvalue weighted by Crippen LogP contribution is 2.35. The van der Waals surface area contributed by atoms with Crippen molar-refractivity contribution in [1.29, 1.82) is 0 Å². The molecule has 3 rings (SSSR count). The van der Waals surface area contributed by atoms with Crippen LogP contribution in [0.15, 0.2) is 36.4 Å². The van der Waals surface area contributed by atoms with Gasteiger partial charge in [-0.25, -0.2) is 0 Å². The molecular formula is C15H10F3N3O2S. The molecule has 9 heteroatoms. The Labute approximate surface area is 138 Å². The molecule has 1 amide bonds. The molecule has 0 saturated carbocycles. The first-order valence-electron chi connectivity index (χ1n) is 6.67. The first kappa shape index (κ1) is 16.2. The topological polar surface area (TPSA) is 64.1 Å². The van der Waals surface area contributed by atoms with Crippen molar-refractivity contribution in [2.24, 2.45) is 0 Å². The van der Waals surface area contributed by atoms with Crippen molar-refractivity contribution in [1.82, 2.24) is 8.75 Å². The van der Waals surface area contributed by atoms with Crippen molar-refractivity contribution < 1.29 is 22.7 Å². The van der Waals surface area contributed by atoms with Crippen LogP contribution in [0.5, 0.6) is 5.75 Å². The minimum atomic E-state index is -4.52. The summed E-state index contributed by atoms with van der Waals surface area (Å²) in [7, 11) is 1.31. The number of ether oxygens (including phenoxy) is 1. The molecule has 1 N–H and O–H groups in total. The Balaban J connectivity index is 1.92. The van der Waals surface area contributed by atoms with Crippen molar-refractivity contribution in [3.8, 4) is 5.75 Å². The smallest absolute Gasteiger partial charge is 0.416 e. The number of methoxy groups -OCH3 is 1. The van der Waals surface area contributed by atoms with E-state index in [9.17, 15) is 18.0 Å². The minimum Gasteiger partial charge on any atom is -0.495 e. The van der Waals surface area contributed by atoms with Gasteiger partial charge in [-0.3, -0.25) is 4.79 Å².